The first-order valence-electron chi connectivity index (χ1n) is 8.93. The Morgan fingerprint density at radius 1 is 1.16 bits per heavy atom. The lowest BCUT2D eigenvalue weighted by Gasteiger charge is -2.40. The van der Waals surface area contributed by atoms with Gasteiger partial charge in [-0.2, -0.15) is 5.26 Å². The maximum atomic E-state index is 13.2. The van der Waals surface area contributed by atoms with Crippen molar-refractivity contribution < 1.29 is 14.3 Å². The van der Waals surface area contributed by atoms with Gasteiger partial charge in [-0.3, -0.25) is 4.90 Å². The number of hydrogen-bond donors (Lipinski definition) is 1. The third-order valence-electron chi connectivity index (χ3n) is 5.74. The summed E-state index contributed by atoms with van der Waals surface area (Å²) in [6.45, 7) is 2.81. The van der Waals surface area contributed by atoms with Crippen molar-refractivity contribution in [3.63, 3.8) is 0 Å². The highest BCUT2D eigenvalue weighted by Crippen LogP contribution is 2.40. The van der Waals surface area contributed by atoms with Crippen molar-refractivity contribution in [2.24, 2.45) is 0 Å². The maximum absolute atomic E-state index is 13.2. The lowest BCUT2D eigenvalue weighted by atomic mass is 9.69. The van der Waals surface area contributed by atoms with E-state index in [0.29, 0.717) is 19.1 Å². The highest BCUT2D eigenvalue weighted by molar-refractivity contribution is 5.64. The summed E-state index contributed by atoms with van der Waals surface area (Å²) >= 11 is 0. The van der Waals surface area contributed by atoms with Crippen LogP contribution in [0.15, 0.2) is 24.3 Å². The maximum Gasteiger partial charge on any atom is 0.407 e. The molecule has 0 bridgehead atoms. The monoisotopic (exact) mass is 345 g/mol. The third kappa shape index (κ3) is 3.77. The summed E-state index contributed by atoms with van der Waals surface area (Å²) < 4.78 is 13.2. The first kappa shape index (κ1) is 17.7. The minimum atomic E-state index is -0.842. The van der Waals surface area contributed by atoms with Crippen LogP contribution >= 0.6 is 0 Å². The summed E-state index contributed by atoms with van der Waals surface area (Å²) in [5.74, 6) is -0.280. The van der Waals surface area contributed by atoms with E-state index in [2.05, 4.69) is 11.0 Å². The quantitative estimate of drug-likeness (QED) is 0.894. The number of nitriles is 1. The largest absolute Gasteiger partial charge is 0.465 e. The highest BCUT2D eigenvalue weighted by Gasteiger charge is 2.39. The molecule has 1 saturated carbocycles. The Bertz CT molecular complexity index is 648. The van der Waals surface area contributed by atoms with Crippen LogP contribution in [0.25, 0.3) is 0 Å². The second-order valence-corrected chi connectivity index (χ2v) is 7.09. The zero-order valence-electron chi connectivity index (χ0n) is 14.3. The predicted octanol–water partition coefficient (Wildman–Crippen LogP) is 3.22. The van der Waals surface area contributed by atoms with Gasteiger partial charge in [0, 0.05) is 32.2 Å². The summed E-state index contributed by atoms with van der Waals surface area (Å²) in [5.41, 5.74) is 0.381. The molecule has 0 aromatic heterocycles. The summed E-state index contributed by atoms with van der Waals surface area (Å²) in [4.78, 5) is 15.0. The van der Waals surface area contributed by atoms with Gasteiger partial charge in [-0.1, -0.05) is 12.1 Å². The number of nitrogens with zero attached hydrogens (tertiary/aromatic N) is 3. The van der Waals surface area contributed by atoms with Crippen LogP contribution in [0.2, 0.25) is 0 Å². The van der Waals surface area contributed by atoms with Crippen LogP contribution in [0.1, 0.15) is 37.7 Å². The van der Waals surface area contributed by atoms with Crippen LogP contribution in [0.4, 0.5) is 9.18 Å². The fraction of sp³-hybridized carbons (Fsp3) is 0.579. The SMILES string of the molecule is N#CC1(c2ccc(F)cc2)CCC(N2CCCN(C(=O)O)CC2)CC1. The molecular weight excluding hydrogens is 321 g/mol. The van der Waals surface area contributed by atoms with E-state index in [9.17, 15) is 14.4 Å². The molecular formula is C19H24FN3O2. The number of carbonyl (C=O) groups is 1. The molecule has 2 aliphatic rings. The van der Waals surface area contributed by atoms with E-state index in [-0.39, 0.29) is 5.82 Å². The van der Waals surface area contributed by atoms with Crippen molar-refractivity contribution in [2.75, 3.05) is 26.2 Å². The lowest BCUT2D eigenvalue weighted by molar-refractivity contribution is 0.131. The molecule has 0 unspecified atom stereocenters. The molecule has 1 aliphatic heterocycles. The average Bonchev–Trinajstić information content (AvgIpc) is 2.89. The predicted molar refractivity (Wildman–Crippen MR) is 91.7 cm³/mol. The molecule has 134 valence electrons. The van der Waals surface area contributed by atoms with Gasteiger partial charge in [0.15, 0.2) is 0 Å². The fourth-order valence-electron chi connectivity index (χ4n) is 4.19. The molecule has 5 nitrogen and oxygen atoms in total. The molecule has 1 aromatic carbocycles. The number of halogens is 1. The molecule has 6 heteroatoms. The topological polar surface area (TPSA) is 67.6 Å². The molecule has 1 aromatic rings. The van der Waals surface area contributed by atoms with Gasteiger partial charge >= 0.3 is 6.09 Å². The minimum Gasteiger partial charge on any atom is -0.465 e. The molecule has 2 fully saturated rings. The third-order valence-corrected chi connectivity index (χ3v) is 5.74. The van der Waals surface area contributed by atoms with E-state index in [1.807, 2.05) is 0 Å². The Hall–Kier alpha value is -2.13. The number of benzene rings is 1. The fourth-order valence-corrected chi connectivity index (χ4v) is 4.19. The van der Waals surface area contributed by atoms with E-state index in [4.69, 9.17) is 5.11 Å². The smallest absolute Gasteiger partial charge is 0.407 e. The van der Waals surface area contributed by atoms with E-state index < -0.39 is 11.5 Å². The van der Waals surface area contributed by atoms with E-state index >= 15 is 0 Å². The lowest BCUT2D eigenvalue weighted by Crippen LogP contribution is -2.44. The van der Waals surface area contributed by atoms with Crippen LogP contribution < -0.4 is 0 Å². The highest BCUT2D eigenvalue weighted by atomic mass is 19.1. The van der Waals surface area contributed by atoms with Crippen LogP contribution in [0.5, 0.6) is 0 Å². The average molecular weight is 345 g/mol. The summed E-state index contributed by atoms with van der Waals surface area (Å²) in [7, 11) is 0. The van der Waals surface area contributed by atoms with E-state index in [1.54, 1.807) is 12.1 Å². The van der Waals surface area contributed by atoms with Gasteiger partial charge in [-0.05, 0) is 49.8 Å². The second kappa shape index (κ2) is 7.40. The van der Waals surface area contributed by atoms with E-state index in [1.165, 1.54) is 17.0 Å². The van der Waals surface area contributed by atoms with Crippen LogP contribution in [-0.2, 0) is 5.41 Å². The normalized spacial score (nSPS) is 28.2. The van der Waals surface area contributed by atoms with Gasteiger partial charge in [0.05, 0.1) is 11.5 Å². The molecule has 1 N–H and O–H groups in total. The standard InChI is InChI=1S/C19H24FN3O2/c20-16-4-2-15(3-5-16)19(14-21)8-6-17(7-9-19)22-10-1-11-23(13-12-22)18(24)25/h2-5,17H,1,6-13H2,(H,24,25). The second-order valence-electron chi connectivity index (χ2n) is 7.09. The number of hydrogen-bond acceptors (Lipinski definition) is 3. The number of rotatable bonds is 2. The van der Waals surface area contributed by atoms with Gasteiger partial charge < -0.3 is 10.0 Å². The van der Waals surface area contributed by atoms with Crippen molar-refractivity contribution in [3.8, 4) is 6.07 Å². The minimum absolute atomic E-state index is 0.280. The first-order chi connectivity index (χ1) is 12.0. The van der Waals surface area contributed by atoms with Crippen LogP contribution in [0, 0.1) is 17.1 Å². The molecule has 0 spiro atoms. The zero-order chi connectivity index (χ0) is 17.9. The van der Waals surface area contributed by atoms with Crippen molar-refractivity contribution in [2.45, 2.75) is 43.6 Å². The Balaban J connectivity index is 1.63. The van der Waals surface area contributed by atoms with Gasteiger partial charge in [0.25, 0.3) is 0 Å². The Morgan fingerprint density at radius 3 is 2.44 bits per heavy atom. The van der Waals surface area contributed by atoms with Gasteiger partial charge in [0.1, 0.15) is 5.82 Å². The van der Waals surface area contributed by atoms with Crippen molar-refractivity contribution in [1.29, 1.82) is 5.26 Å². The molecule has 3 rings (SSSR count). The number of amides is 1. The molecule has 0 atom stereocenters. The first-order valence-corrected chi connectivity index (χ1v) is 8.93. The van der Waals surface area contributed by atoms with Crippen LogP contribution in [-0.4, -0.2) is 53.2 Å². The van der Waals surface area contributed by atoms with Crippen LogP contribution in [0.3, 0.4) is 0 Å². The van der Waals surface area contributed by atoms with Crippen molar-refractivity contribution in [1.82, 2.24) is 9.80 Å². The van der Waals surface area contributed by atoms with Crippen molar-refractivity contribution >= 4 is 6.09 Å². The number of carboxylic acid groups (broad SMARTS) is 1. The van der Waals surface area contributed by atoms with Gasteiger partial charge in [-0.15, -0.1) is 0 Å². The zero-order valence-corrected chi connectivity index (χ0v) is 14.3. The van der Waals surface area contributed by atoms with Crippen molar-refractivity contribution in [3.05, 3.63) is 35.6 Å². The molecule has 1 amide bonds. The molecule has 0 radical (unpaired) electrons. The Morgan fingerprint density at radius 2 is 1.84 bits per heavy atom. The molecule has 25 heavy (non-hydrogen) atoms. The van der Waals surface area contributed by atoms with E-state index in [0.717, 1.165) is 50.8 Å². The Labute approximate surface area is 147 Å². The van der Waals surface area contributed by atoms with Gasteiger partial charge in [0.2, 0.25) is 0 Å². The molecule has 1 heterocycles. The summed E-state index contributed by atoms with van der Waals surface area (Å²) in [6, 6.07) is 9.20. The summed E-state index contributed by atoms with van der Waals surface area (Å²) in [5, 5.41) is 18.9. The summed E-state index contributed by atoms with van der Waals surface area (Å²) in [6.07, 6.45) is 3.36. The molecule has 1 saturated heterocycles. The molecule has 1 aliphatic carbocycles. The Kier molecular flexibility index (Phi) is 5.24. The van der Waals surface area contributed by atoms with Gasteiger partial charge in [-0.25, -0.2) is 9.18 Å².